The molecule has 1 N–H and O–H groups in total. The van der Waals surface area contributed by atoms with Crippen molar-refractivity contribution in [2.75, 3.05) is 6.54 Å². The largest absolute Gasteiger partial charge is 0.388 e. The first-order valence-corrected chi connectivity index (χ1v) is 2.64. The molecule has 0 aliphatic carbocycles. The van der Waals surface area contributed by atoms with Gasteiger partial charge in [0.2, 0.25) is 0 Å². The molecule has 0 saturated heterocycles. The van der Waals surface area contributed by atoms with Crippen LogP contribution in [0.2, 0.25) is 0 Å². The Labute approximate surface area is 48.7 Å². The second-order valence-electron chi connectivity index (χ2n) is 2.14. The number of hydrogen-bond acceptors (Lipinski definition) is 3. The summed E-state index contributed by atoms with van der Waals surface area (Å²) < 4.78 is 0. The Morgan fingerprint density at radius 1 is 1.75 bits per heavy atom. The van der Waals surface area contributed by atoms with Crippen LogP contribution in [0.25, 0.3) is 0 Å². The van der Waals surface area contributed by atoms with Crippen LogP contribution in [-0.4, -0.2) is 17.3 Å². The first-order valence-electron chi connectivity index (χ1n) is 2.64. The van der Waals surface area contributed by atoms with Crippen LogP contribution in [0.1, 0.15) is 20.3 Å². The number of hydrogen-bond donors (Lipinski definition) is 1. The van der Waals surface area contributed by atoms with Crippen LogP contribution in [0.3, 0.4) is 0 Å². The highest BCUT2D eigenvalue weighted by atomic mass is 16.3. The Morgan fingerprint density at radius 3 is 2.38 bits per heavy atom. The predicted octanol–water partition coefficient (Wildman–Crippen LogP) is 0.914. The molecule has 0 radical (unpaired) electrons. The van der Waals surface area contributed by atoms with Gasteiger partial charge in [0.15, 0.2) is 0 Å². The first-order chi connectivity index (χ1) is 3.62. The molecule has 0 saturated carbocycles. The van der Waals surface area contributed by atoms with E-state index < -0.39 is 5.60 Å². The summed E-state index contributed by atoms with van der Waals surface area (Å²) in [5, 5.41) is 11.6. The summed E-state index contributed by atoms with van der Waals surface area (Å²) in [7, 11) is 0. The lowest BCUT2D eigenvalue weighted by atomic mass is 10.1. The lowest BCUT2D eigenvalue weighted by molar-refractivity contribution is 0.0655. The van der Waals surface area contributed by atoms with E-state index in [9.17, 15) is 4.91 Å². The summed E-state index contributed by atoms with van der Waals surface area (Å²) in [6, 6.07) is 0. The van der Waals surface area contributed by atoms with Crippen molar-refractivity contribution >= 4 is 0 Å². The topological polar surface area (TPSA) is 49.7 Å². The SMILES string of the molecule is CC[C@@](C)(O)CN=O. The van der Waals surface area contributed by atoms with Crippen molar-refractivity contribution in [1.29, 1.82) is 0 Å². The molecular weight excluding hydrogens is 106 g/mol. The minimum absolute atomic E-state index is 0.0104. The third-order valence-electron chi connectivity index (χ3n) is 1.17. The summed E-state index contributed by atoms with van der Waals surface area (Å²) in [6.07, 6.45) is 0.568. The average Bonchev–Trinajstić information content (AvgIpc) is 1.67. The van der Waals surface area contributed by atoms with Gasteiger partial charge in [0.1, 0.15) is 6.54 Å². The van der Waals surface area contributed by atoms with E-state index in [0.29, 0.717) is 6.42 Å². The van der Waals surface area contributed by atoms with E-state index in [1.807, 2.05) is 6.92 Å². The maximum atomic E-state index is 9.57. The fourth-order valence-corrected chi connectivity index (χ4v) is 0.251. The van der Waals surface area contributed by atoms with Crippen LogP contribution < -0.4 is 0 Å². The fraction of sp³-hybridized carbons (Fsp3) is 1.00. The number of nitroso groups, excluding NO2 is 1. The molecule has 0 rings (SSSR count). The van der Waals surface area contributed by atoms with Crippen molar-refractivity contribution in [3.05, 3.63) is 4.91 Å². The van der Waals surface area contributed by atoms with Gasteiger partial charge in [-0.15, -0.1) is 0 Å². The van der Waals surface area contributed by atoms with E-state index in [2.05, 4.69) is 5.18 Å². The Morgan fingerprint density at radius 2 is 2.25 bits per heavy atom. The molecule has 0 fully saturated rings. The van der Waals surface area contributed by atoms with Crippen molar-refractivity contribution in [2.45, 2.75) is 25.9 Å². The number of aliphatic hydroxyl groups is 1. The van der Waals surface area contributed by atoms with Gasteiger partial charge >= 0.3 is 0 Å². The van der Waals surface area contributed by atoms with Gasteiger partial charge in [-0.2, -0.15) is 4.91 Å². The second kappa shape index (κ2) is 2.77. The van der Waals surface area contributed by atoms with Crippen LogP contribution in [0.15, 0.2) is 5.18 Å². The van der Waals surface area contributed by atoms with E-state index in [1.54, 1.807) is 6.92 Å². The maximum absolute atomic E-state index is 9.57. The molecule has 0 bridgehead atoms. The lowest BCUT2D eigenvalue weighted by Gasteiger charge is -2.15. The molecule has 0 amide bonds. The zero-order chi connectivity index (χ0) is 6.62. The third-order valence-corrected chi connectivity index (χ3v) is 1.17. The Bertz CT molecular complexity index is 80.5. The zero-order valence-corrected chi connectivity index (χ0v) is 5.22. The molecule has 1 atom stereocenters. The highest BCUT2D eigenvalue weighted by Gasteiger charge is 2.16. The van der Waals surface area contributed by atoms with Crippen molar-refractivity contribution in [3.8, 4) is 0 Å². The van der Waals surface area contributed by atoms with Crippen LogP contribution in [-0.2, 0) is 0 Å². The Kier molecular flexibility index (Phi) is 2.62. The molecule has 0 aliphatic rings. The summed E-state index contributed by atoms with van der Waals surface area (Å²) in [5.74, 6) is 0. The van der Waals surface area contributed by atoms with Crippen molar-refractivity contribution < 1.29 is 5.11 Å². The summed E-state index contributed by atoms with van der Waals surface area (Å²) in [5.41, 5.74) is -0.887. The zero-order valence-electron chi connectivity index (χ0n) is 5.22. The fourth-order valence-electron chi connectivity index (χ4n) is 0.251. The molecule has 0 aromatic heterocycles. The third kappa shape index (κ3) is 2.69. The molecule has 0 unspecified atom stereocenters. The molecule has 0 spiro atoms. The highest BCUT2D eigenvalue weighted by molar-refractivity contribution is 4.71. The van der Waals surface area contributed by atoms with Gasteiger partial charge in [-0.05, 0) is 13.3 Å². The maximum Gasteiger partial charge on any atom is 0.109 e. The predicted molar refractivity (Wildman–Crippen MR) is 31.6 cm³/mol. The van der Waals surface area contributed by atoms with Gasteiger partial charge < -0.3 is 5.11 Å². The van der Waals surface area contributed by atoms with E-state index in [4.69, 9.17) is 5.11 Å². The van der Waals surface area contributed by atoms with E-state index in [0.717, 1.165) is 0 Å². The van der Waals surface area contributed by atoms with Gasteiger partial charge in [-0.3, -0.25) is 0 Å². The summed E-state index contributed by atoms with van der Waals surface area (Å²) in [6.45, 7) is 3.39. The monoisotopic (exact) mass is 117 g/mol. The van der Waals surface area contributed by atoms with Crippen LogP contribution in [0.4, 0.5) is 0 Å². The minimum Gasteiger partial charge on any atom is -0.388 e. The van der Waals surface area contributed by atoms with Crippen molar-refractivity contribution in [1.82, 2.24) is 0 Å². The second-order valence-corrected chi connectivity index (χ2v) is 2.14. The van der Waals surface area contributed by atoms with E-state index in [-0.39, 0.29) is 6.54 Å². The Hall–Kier alpha value is -0.440. The van der Waals surface area contributed by atoms with Gasteiger partial charge in [0.25, 0.3) is 0 Å². The molecular formula is C5H11NO2. The first kappa shape index (κ1) is 7.56. The minimum atomic E-state index is -0.887. The molecule has 48 valence electrons. The smallest absolute Gasteiger partial charge is 0.109 e. The van der Waals surface area contributed by atoms with E-state index >= 15 is 0 Å². The molecule has 0 aromatic rings. The van der Waals surface area contributed by atoms with Crippen LogP contribution in [0.5, 0.6) is 0 Å². The highest BCUT2D eigenvalue weighted by Crippen LogP contribution is 2.07. The summed E-state index contributed by atoms with van der Waals surface area (Å²) in [4.78, 5) is 9.57. The van der Waals surface area contributed by atoms with Crippen molar-refractivity contribution in [2.24, 2.45) is 5.18 Å². The number of rotatable bonds is 3. The van der Waals surface area contributed by atoms with Crippen LogP contribution in [0, 0.1) is 4.91 Å². The Balaban J connectivity index is 3.53. The van der Waals surface area contributed by atoms with Gasteiger partial charge in [0, 0.05) is 0 Å². The van der Waals surface area contributed by atoms with Crippen molar-refractivity contribution in [3.63, 3.8) is 0 Å². The molecule has 0 aromatic carbocycles. The molecule has 0 aliphatic heterocycles. The standard InChI is InChI=1S/C5H11NO2/c1-3-5(2,7)4-6-8/h7H,3-4H2,1-2H3/t5-/m1/s1. The van der Waals surface area contributed by atoms with Crippen LogP contribution >= 0.6 is 0 Å². The lowest BCUT2D eigenvalue weighted by Crippen LogP contribution is -2.26. The summed E-state index contributed by atoms with van der Waals surface area (Å²) >= 11 is 0. The van der Waals surface area contributed by atoms with Gasteiger partial charge in [-0.1, -0.05) is 12.1 Å². The van der Waals surface area contributed by atoms with Gasteiger partial charge in [-0.25, -0.2) is 0 Å². The quantitative estimate of drug-likeness (QED) is 0.558. The average molecular weight is 117 g/mol. The molecule has 8 heavy (non-hydrogen) atoms. The molecule has 3 nitrogen and oxygen atoms in total. The van der Waals surface area contributed by atoms with Gasteiger partial charge in [0.05, 0.1) is 5.60 Å². The molecule has 0 heterocycles. The van der Waals surface area contributed by atoms with E-state index in [1.165, 1.54) is 0 Å². The molecule has 3 heteroatoms. The normalized spacial score (nSPS) is 17.4. The number of nitrogens with zero attached hydrogens (tertiary/aromatic N) is 1.